The topological polar surface area (TPSA) is 61.4 Å². The number of aryl methyl sites for hydroxylation is 2. The molecule has 0 radical (unpaired) electrons. The molecule has 0 aromatic carbocycles. The van der Waals surface area contributed by atoms with E-state index >= 15 is 0 Å². The van der Waals surface area contributed by atoms with Crippen LogP contribution in [-0.2, 0) is 10.2 Å². The molecule has 5 nitrogen and oxygen atoms in total. The number of hydrogen-bond donors (Lipinski definition) is 2. The van der Waals surface area contributed by atoms with Crippen molar-refractivity contribution in [1.82, 2.24) is 14.3 Å². The van der Waals surface area contributed by atoms with Crippen LogP contribution in [0, 0.1) is 13.8 Å². The van der Waals surface area contributed by atoms with Crippen molar-refractivity contribution in [2.75, 3.05) is 27.2 Å². The van der Waals surface area contributed by atoms with Crippen LogP contribution in [0.5, 0.6) is 0 Å². The summed E-state index contributed by atoms with van der Waals surface area (Å²) in [5, 5.41) is 3.01. The molecule has 0 bridgehead atoms. The SMILES string of the molecule is CNCCCN(C)S(=O)(=O)NC(C)c1cc(C)sc1C. The largest absolute Gasteiger partial charge is 0.320 e. The summed E-state index contributed by atoms with van der Waals surface area (Å²) in [6.45, 7) is 7.25. The van der Waals surface area contributed by atoms with Crippen LogP contribution in [0.2, 0.25) is 0 Å². The fourth-order valence-corrected chi connectivity index (χ4v) is 4.20. The summed E-state index contributed by atoms with van der Waals surface area (Å²) in [6, 6.07) is 1.84. The summed E-state index contributed by atoms with van der Waals surface area (Å²) in [4.78, 5) is 2.36. The first-order valence-corrected chi connectivity index (χ1v) is 8.98. The van der Waals surface area contributed by atoms with E-state index in [-0.39, 0.29) is 6.04 Å². The quantitative estimate of drug-likeness (QED) is 0.718. The number of hydrogen-bond acceptors (Lipinski definition) is 4. The number of nitrogens with zero attached hydrogens (tertiary/aromatic N) is 1. The Bertz CT molecular complexity index is 526. The van der Waals surface area contributed by atoms with Crippen molar-refractivity contribution in [3.63, 3.8) is 0 Å². The lowest BCUT2D eigenvalue weighted by atomic mass is 10.1. The second-order valence-corrected chi connectivity index (χ2v) is 8.26. The molecule has 1 heterocycles. The molecule has 1 aromatic rings. The normalized spacial score (nSPS) is 13.9. The zero-order chi connectivity index (χ0) is 15.3. The second kappa shape index (κ2) is 7.51. The highest BCUT2D eigenvalue weighted by atomic mass is 32.2. The van der Waals surface area contributed by atoms with E-state index < -0.39 is 10.2 Å². The molecule has 0 fully saturated rings. The first kappa shape index (κ1) is 17.6. The monoisotopic (exact) mass is 319 g/mol. The van der Waals surface area contributed by atoms with Crippen LogP contribution in [0.1, 0.15) is 34.7 Å². The summed E-state index contributed by atoms with van der Waals surface area (Å²) >= 11 is 1.69. The standard InChI is InChI=1S/C13H25N3O2S2/c1-10-9-13(12(3)19-10)11(2)15-20(17,18)16(5)8-6-7-14-4/h9,11,14-15H,6-8H2,1-5H3. The predicted octanol–water partition coefficient (Wildman–Crippen LogP) is 1.80. The van der Waals surface area contributed by atoms with Crippen LogP contribution in [0.3, 0.4) is 0 Å². The van der Waals surface area contributed by atoms with Crippen molar-refractivity contribution in [1.29, 1.82) is 0 Å². The van der Waals surface area contributed by atoms with Gasteiger partial charge in [-0.1, -0.05) is 0 Å². The molecule has 1 rings (SSSR count). The third-order valence-corrected chi connectivity index (χ3v) is 5.82. The van der Waals surface area contributed by atoms with Crippen molar-refractivity contribution in [2.24, 2.45) is 0 Å². The lowest BCUT2D eigenvalue weighted by molar-refractivity contribution is 0.441. The molecule has 0 aliphatic carbocycles. The van der Waals surface area contributed by atoms with E-state index in [1.807, 2.05) is 33.9 Å². The highest BCUT2D eigenvalue weighted by molar-refractivity contribution is 7.87. The summed E-state index contributed by atoms with van der Waals surface area (Å²) in [5.74, 6) is 0. The maximum atomic E-state index is 12.2. The first-order valence-electron chi connectivity index (χ1n) is 6.73. The van der Waals surface area contributed by atoms with Gasteiger partial charge in [-0.25, -0.2) is 0 Å². The van der Waals surface area contributed by atoms with Gasteiger partial charge in [0.2, 0.25) is 0 Å². The van der Waals surface area contributed by atoms with E-state index in [1.165, 1.54) is 9.18 Å². The Morgan fingerprint density at radius 1 is 1.40 bits per heavy atom. The molecule has 0 saturated heterocycles. The summed E-state index contributed by atoms with van der Waals surface area (Å²) in [6.07, 6.45) is 0.791. The Kier molecular flexibility index (Phi) is 6.60. The summed E-state index contributed by atoms with van der Waals surface area (Å²) < 4.78 is 28.6. The van der Waals surface area contributed by atoms with E-state index in [4.69, 9.17) is 0 Å². The number of nitrogens with one attached hydrogen (secondary N) is 2. The molecule has 1 atom stereocenters. The molecule has 1 unspecified atom stereocenters. The van der Waals surface area contributed by atoms with Crippen molar-refractivity contribution in [3.8, 4) is 0 Å². The van der Waals surface area contributed by atoms with Crippen LogP contribution < -0.4 is 10.0 Å². The zero-order valence-electron chi connectivity index (χ0n) is 12.9. The maximum Gasteiger partial charge on any atom is 0.279 e. The lowest BCUT2D eigenvalue weighted by Gasteiger charge is -2.21. The Labute approximate surface area is 126 Å². The average molecular weight is 319 g/mol. The Morgan fingerprint density at radius 3 is 2.55 bits per heavy atom. The first-order chi connectivity index (χ1) is 9.27. The predicted molar refractivity (Wildman–Crippen MR) is 85.4 cm³/mol. The van der Waals surface area contributed by atoms with E-state index in [0.717, 1.165) is 23.4 Å². The maximum absolute atomic E-state index is 12.2. The van der Waals surface area contributed by atoms with Gasteiger partial charge in [-0.2, -0.15) is 17.4 Å². The summed E-state index contributed by atoms with van der Waals surface area (Å²) in [5.41, 5.74) is 1.06. The zero-order valence-corrected chi connectivity index (χ0v) is 14.5. The third-order valence-electron chi connectivity index (χ3n) is 3.18. The van der Waals surface area contributed by atoms with Crippen LogP contribution in [0.15, 0.2) is 6.07 Å². The van der Waals surface area contributed by atoms with Crippen LogP contribution >= 0.6 is 11.3 Å². The number of rotatable bonds is 8. The summed E-state index contributed by atoms with van der Waals surface area (Å²) in [7, 11) is 0.0298. The van der Waals surface area contributed by atoms with E-state index in [1.54, 1.807) is 18.4 Å². The van der Waals surface area contributed by atoms with E-state index in [9.17, 15) is 8.42 Å². The molecule has 0 saturated carbocycles. The Morgan fingerprint density at radius 2 is 2.05 bits per heavy atom. The Hall–Kier alpha value is -0.470. The van der Waals surface area contributed by atoms with Gasteiger partial charge in [-0.05, 0) is 52.4 Å². The molecule has 2 N–H and O–H groups in total. The van der Waals surface area contributed by atoms with Gasteiger partial charge in [0, 0.05) is 29.4 Å². The van der Waals surface area contributed by atoms with Gasteiger partial charge in [0.25, 0.3) is 10.2 Å². The minimum Gasteiger partial charge on any atom is -0.320 e. The highest BCUT2D eigenvalue weighted by Gasteiger charge is 2.22. The average Bonchev–Trinajstić information content (AvgIpc) is 2.68. The van der Waals surface area contributed by atoms with Crippen molar-refractivity contribution < 1.29 is 8.42 Å². The molecule has 0 spiro atoms. The molecule has 0 aliphatic rings. The van der Waals surface area contributed by atoms with Crippen molar-refractivity contribution >= 4 is 21.5 Å². The van der Waals surface area contributed by atoms with Gasteiger partial charge < -0.3 is 5.32 Å². The fourth-order valence-electron chi connectivity index (χ4n) is 2.06. The second-order valence-electron chi connectivity index (χ2n) is 4.99. The minimum absolute atomic E-state index is 0.211. The van der Waals surface area contributed by atoms with Gasteiger partial charge >= 0.3 is 0 Å². The molecule has 116 valence electrons. The third kappa shape index (κ3) is 4.82. The molecule has 0 aliphatic heterocycles. The lowest BCUT2D eigenvalue weighted by Crippen LogP contribution is -2.40. The smallest absolute Gasteiger partial charge is 0.279 e. The van der Waals surface area contributed by atoms with Crippen molar-refractivity contribution in [2.45, 2.75) is 33.2 Å². The minimum atomic E-state index is -3.44. The van der Waals surface area contributed by atoms with Crippen LogP contribution in [-0.4, -0.2) is 39.9 Å². The van der Waals surface area contributed by atoms with Crippen molar-refractivity contribution in [3.05, 3.63) is 21.4 Å². The number of thiophene rings is 1. The molecule has 20 heavy (non-hydrogen) atoms. The fraction of sp³-hybridized carbons (Fsp3) is 0.692. The van der Waals surface area contributed by atoms with Gasteiger partial charge in [0.1, 0.15) is 0 Å². The van der Waals surface area contributed by atoms with Gasteiger partial charge in [0.05, 0.1) is 0 Å². The molecular formula is C13H25N3O2S2. The van der Waals surface area contributed by atoms with Gasteiger partial charge in [-0.15, -0.1) is 11.3 Å². The highest BCUT2D eigenvalue weighted by Crippen LogP contribution is 2.26. The van der Waals surface area contributed by atoms with Gasteiger partial charge in [0.15, 0.2) is 0 Å². The van der Waals surface area contributed by atoms with Crippen LogP contribution in [0.4, 0.5) is 0 Å². The molecule has 0 amide bonds. The van der Waals surface area contributed by atoms with Crippen LogP contribution in [0.25, 0.3) is 0 Å². The molecular weight excluding hydrogens is 294 g/mol. The molecule has 1 aromatic heterocycles. The Balaban J connectivity index is 2.68. The van der Waals surface area contributed by atoms with Gasteiger partial charge in [-0.3, -0.25) is 0 Å². The molecule has 7 heteroatoms. The van der Waals surface area contributed by atoms with E-state index in [0.29, 0.717) is 6.54 Å². The van der Waals surface area contributed by atoms with E-state index in [2.05, 4.69) is 10.0 Å².